The van der Waals surface area contributed by atoms with Crippen molar-refractivity contribution in [2.45, 2.75) is 51.6 Å². The van der Waals surface area contributed by atoms with Crippen LogP contribution in [0.25, 0.3) is 18.2 Å². The van der Waals surface area contributed by atoms with Gasteiger partial charge in [-0.05, 0) is 112 Å². The molecule has 3 unspecified atom stereocenters. The molecule has 0 aliphatic heterocycles. The van der Waals surface area contributed by atoms with Gasteiger partial charge in [0.25, 0.3) is 0 Å². The van der Waals surface area contributed by atoms with Crippen molar-refractivity contribution in [1.29, 1.82) is 0 Å². The summed E-state index contributed by atoms with van der Waals surface area (Å²) in [7, 11) is 4.45. The molecule has 4 N–H and O–H groups in total. The maximum atomic E-state index is 14.7. The van der Waals surface area contributed by atoms with Crippen LogP contribution >= 0.6 is 0 Å². The molecule has 1 saturated carbocycles. The molecule has 3 atom stereocenters. The molecule has 11 nitrogen and oxygen atoms in total. The van der Waals surface area contributed by atoms with Crippen molar-refractivity contribution < 1.29 is 53.8 Å². The second kappa shape index (κ2) is 19.4. The Hall–Kier alpha value is -5.98. The molecular weight excluding hydrogens is 741 g/mol. The van der Waals surface area contributed by atoms with Gasteiger partial charge in [0, 0.05) is 11.8 Å². The number of ether oxygens (including phenoxy) is 3. The fraction of sp³-hybridized carbons (Fsp3) is 0.277. The molecule has 4 aromatic carbocycles. The number of aliphatic hydroxyl groups is 4. The summed E-state index contributed by atoms with van der Waals surface area (Å²) in [6.07, 6.45) is 7.93. The summed E-state index contributed by atoms with van der Waals surface area (Å²) >= 11 is 0. The van der Waals surface area contributed by atoms with Crippen LogP contribution in [0, 0.1) is 18.8 Å². The van der Waals surface area contributed by atoms with Crippen LogP contribution in [0.1, 0.15) is 62.9 Å². The summed E-state index contributed by atoms with van der Waals surface area (Å²) < 4.78 is 16.6. The number of allylic oxidation sites excluding steroid dienone is 3. The average Bonchev–Trinajstić information content (AvgIpc) is 3.60. The Balaban J connectivity index is 1.64. The quantitative estimate of drug-likeness (QED) is 0.0722. The Morgan fingerprint density at radius 2 is 1.14 bits per heavy atom. The van der Waals surface area contributed by atoms with Crippen molar-refractivity contribution in [2.24, 2.45) is 11.8 Å². The number of rotatable bonds is 18. The lowest BCUT2D eigenvalue weighted by molar-refractivity contribution is -0.131. The molecule has 11 heteroatoms. The monoisotopic (exact) mass is 788 g/mol. The lowest BCUT2D eigenvalue weighted by atomic mass is 9.64. The number of carbonyl (C=O) groups excluding carboxylic acids is 4. The average molecular weight is 789 g/mol. The second-order valence-electron chi connectivity index (χ2n) is 14.2. The summed E-state index contributed by atoms with van der Waals surface area (Å²) in [5.74, 6) is -3.64. The smallest absolute Gasteiger partial charge is 0.167 e. The number of Topliss-reactive ketones (excluding diaryl/α,β-unsaturated/α-hetero) is 1. The van der Waals surface area contributed by atoms with Gasteiger partial charge < -0.3 is 34.6 Å². The number of benzene rings is 4. The molecule has 4 aromatic rings. The summed E-state index contributed by atoms with van der Waals surface area (Å²) in [6, 6.07) is 20.2. The first-order valence-corrected chi connectivity index (χ1v) is 18.7. The maximum absolute atomic E-state index is 14.7. The standard InChI is InChI=1S/C47H48O11/c1-29-5-6-32(21-44(29)57-3)11-17-41(54)46(40(53)16-10-31-8-13-34(26-49)36(20-31)28-51)47(37-14-18-43(56-2)45(22-37)58-4)23-38(42(55)24-47)39(52)15-9-30-7-12-33(25-48)35(19-30)27-50/h5-22,38,46,48-51H,23-28H2,1-4H3/b15-9+,16-10+,17-11+. The third-order valence-corrected chi connectivity index (χ3v) is 10.8. The lowest BCUT2D eigenvalue weighted by Crippen LogP contribution is -2.42. The van der Waals surface area contributed by atoms with Gasteiger partial charge in [0.05, 0.1) is 59.6 Å². The third kappa shape index (κ3) is 9.41. The highest BCUT2D eigenvalue weighted by Crippen LogP contribution is 2.51. The van der Waals surface area contributed by atoms with E-state index in [4.69, 9.17) is 14.2 Å². The predicted octanol–water partition coefficient (Wildman–Crippen LogP) is 5.67. The highest BCUT2D eigenvalue weighted by molar-refractivity contribution is 6.17. The first-order chi connectivity index (χ1) is 27.9. The molecule has 0 heterocycles. The van der Waals surface area contributed by atoms with Crippen molar-refractivity contribution in [1.82, 2.24) is 0 Å². The molecule has 0 spiro atoms. The molecule has 1 fully saturated rings. The molecule has 58 heavy (non-hydrogen) atoms. The van der Waals surface area contributed by atoms with Gasteiger partial charge in [-0.25, -0.2) is 0 Å². The van der Waals surface area contributed by atoms with Crippen LogP contribution in [0.2, 0.25) is 0 Å². The van der Waals surface area contributed by atoms with E-state index in [9.17, 15) is 39.6 Å². The number of hydrogen-bond acceptors (Lipinski definition) is 11. The van der Waals surface area contributed by atoms with Gasteiger partial charge in [0.2, 0.25) is 0 Å². The Morgan fingerprint density at radius 3 is 1.66 bits per heavy atom. The normalized spacial score (nSPS) is 17.3. The zero-order valence-electron chi connectivity index (χ0n) is 32.9. The highest BCUT2D eigenvalue weighted by Gasteiger charge is 2.56. The summed E-state index contributed by atoms with van der Waals surface area (Å²) in [5.41, 5.74) is 3.53. The van der Waals surface area contributed by atoms with Crippen molar-refractivity contribution >= 4 is 41.4 Å². The van der Waals surface area contributed by atoms with Gasteiger partial charge in [-0.15, -0.1) is 0 Å². The van der Waals surface area contributed by atoms with Gasteiger partial charge in [0.15, 0.2) is 28.8 Å². The molecule has 0 bridgehead atoms. The molecule has 0 amide bonds. The number of aliphatic hydroxyl groups excluding tert-OH is 4. The first kappa shape index (κ1) is 43.1. The fourth-order valence-corrected chi connectivity index (χ4v) is 7.57. The molecule has 5 rings (SSSR count). The van der Waals surface area contributed by atoms with E-state index in [1.165, 1.54) is 44.6 Å². The van der Waals surface area contributed by atoms with Crippen molar-refractivity contribution in [3.8, 4) is 17.2 Å². The molecule has 0 radical (unpaired) electrons. The first-order valence-electron chi connectivity index (χ1n) is 18.7. The predicted molar refractivity (Wildman–Crippen MR) is 219 cm³/mol. The Morgan fingerprint density at radius 1 is 0.638 bits per heavy atom. The Kier molecular flexibility index (Phi) is 14.5. The van der Waals surface area contributed by atoms with Crippen molar-refractivity contribution in [2.75, 3.05) is 21.3 Å². The zero-order chi connectivity index (χ0) is 42.0. The number of hydrogen-bond donors (Lipinski definition) is 4. The van der Waals surface area contributed by atoms with Crippen LogP contribution in [-0.2, 0) is 51.0 Å². The van der Waals surface area contributed by atoms with Gasteiger partial charge in [-0.2, -0.15) is 0 Å². The van der Waals surface area contributed by atoms with Crippen molar-refractivity contribution in [3.63, 3.8) is 0 Å². The minimum absolute atomic E-state index is 0.183. The number of carbonyl (C=O) groups is 4. The summed E-state index contributed by atoms with van der Waals surface area (Å²) in [5, 5.41) is 38.9. The molecule has 0 saturated heterocycles. The maximum Gasteiger partial charge on any atom is 0.167 e. The molecule has 1 aliphatic carbocycles. The van der Waals surface area contributed by atoms with E-state index in [1.807, 2.05) is 13.0 Å². The van der Waals surface area contributed by atoms with Crippen LogP contribution in [0.4, 0.5) is 0 Å². The highest BCUT2D eigenvalue weighted by atomic mass is 16.5. The van der Waals surface area contributed by atoms with Gasteiger partial charge in [-0.1, -0.05) is 60.7 Å². The van der Waals surface area contributed by atoms with E-state index in [0.717, 1.165) is 5.56 Å². The van der Waals surface area contributed by atoms with Crippen LogP contribution in [0.5, 0.6) is 17.2 Å². The van der Waals surface area contributed by atoms with E-state index in [1.54, 1.807) is 79.9 Å². The molecule has 0 aromatic heterocycles. The second-order valence-corrected chi connectivity index (χ2v) is 14.2. The van der Waals surface area contributed by atoms with Crippen molar-refractivity contribution in [3.05, 3.63) is 141 Å². The lowest BCUT2D eigenvalue weighted by Gasteiger charge is -2.35. The topological polar surface area (TPSA) is 177 Å². The van der Waals surface area contributed by atoms with E-state index in [-0.39, 0.29) is 39.3 Å². The summed E-state index contributed by atoms with van der Waals surface area (Å²) in [4.78, 5) is 57.4. The van der Waals surface area contributed by atoms with Crippen LogP contribution in [0.15, 0.2) is 91.0 Å². The zero-order valence-corrected chi connectivity index (χ0v) is 32.9. The SMILES string of the molecule is COc1cc(/C=C/C(=O)C(C(=O)/C=C/c2ccc(CO)c(CO)c2)C2(c3ccc(OC)c(OC)c3)CC(=O)C(C(=O)/C=C/c3ccc(CO)c(CO)c3)C2)ccc1C. The van der Waals surface area contributed by atoms with E-state index >= 15 is 0 Å². The number of aryl methyl sites for hydroxylation is 1. The largest absolute Gasteiger partial charge is 0.496 e. The van der Waals surface area contributed by atoms with Crippen LogP contribution < -0.4 is 14.2 Å². The minimum Gasteiger partial charge on any atom is -0.496 e. The van der Waals surface area contributed by atoms with Gasteiger partial charge >= 0.3 is 0 Å². The number of ketones is 4. The molecule has 302 valence electrons. The fourth-order valence-electron chi connectivity index (χ4n) is 7.57. The van der Waals surface area contributed by atoms with Crippen LogP contribution in [-0.4, -0.2) is 64.9 Å². The third-order valence-electron chi connectivity index (χ3n) is 10.8. The number of methoxy groups -OCH3 is 3. The summed E-state index contributed by atoms with van der Waals surface area (Å²) in [6.45, 7) is 0.670. The Bertz CT molecular complexity index is 2270. The van der Waals surface area contributed by atoms with Gasteiger partial charge in [-0.3, -0.25) is 19.2 Å². The van der Waals surface area contributed by atoms with Gasteiger partial charge in [0.1, 0.15) is 11.5 Å². The molecule has 1 aliphatic rings. The van der Waals surface area contributed by atoms with E-state index in [0.29, 0.717) is 61.8 Å². The Labute approximate surface area is 337 Å². The minimum atomic E-state index is -1.53. The molecular formula is C47H48O11. The van der Waals surface area contributed by atoms with E-state index < -0.39 is 40.4 Å². The van der Waals surface area contributed by atoms with Crippen LogP contribution in [0.3, 0.4) is 0 Å². The van der Waals surface area contributed by atoms with E-state index in [2.05, 4.69) is 0 Å².